The molecule has 27 heavy (non-hydrogen) atoms. The van der Waals surface area contributed by atoms with Crippen molar-refractivity contribution in [3.63, 3.8) is 0 Å². The Labute approximate surface area is 184 Å². The monoisotopic (exact) mass is 508 g/mol. The number of rotatable bonds is 10. The van der Waals surface area contributed by atoms with Gasteiger partial charge in [-0.1, -0.05) is 25.3 Å². The second-order valence-corrected chi connectivity index (χ2v) is 7.44. The van der Waals surface area contributed by atoms with Crippen LogP contribution in [-0.4, -0.2) is 51.3 Å². The van der Waals surface area contributed by atoms with Crippen molar-refractivity contribution in [1.82, 2.24) is 16.0 Å². The van der Waals surface area contributed by atoms with Gasteiger partial charge in [0.2, 0.25) is 0 Å². The summed E-state index contributed by atoms with van der Waals surface area (Å²) >= 11 is 1.46. The van der Waals surface area contributed by atoms with Crippen LogP contribution in [0.15, 0.2) is 22.5 Å². The summed E-state index contributed by atoms with van der Waals surface area (Å²) < 4.78 is 5.92. The molecular formula is C19H33IN4O2S. The minimum absolute atomic E-state index is 0. The first-order valence-electron chi connectivity index (χ1n) is 9.67. The second kappa shape index (κ2) is 15.1. The maximum atomic E-state index is 11.8. The van der Waals surface area contributed by atoms with Crippen LogP contribution >= 0.6 is 35.3 Å². The number of hydrogen-bond donors (Lipinski definition) is 3. The molecular weight excluding hydrogens is 475 g/mol. The zero-order chi connectivity index (χ0) is 18.5. The van der Waals surface area contributed by atoms with Crippen molar-refractivity contribution in [3.05, 3.63) is 22.4 Å². The lowest BCUT2D eigenvalue weighted by atomic mass is 9.98. The van der Waals surface area contributed by atoms with E-state index in [4.69, 9.17) is 4.74 Å². The van der Waals surface area contributed by atoms with Crippen LogP contribution < -0.4 is 16.0 Å². The Hall–Kier alpha value is -0.870. The molecule has 0 spiro atoms. The highest BCUT2D eigenvalue weighted by Crippen LogP contribution is 2.20. The van der Waals surface area contributed by atoms with Gasteiger partial charge in [-0.05, 0) is 37.1 Å². The molecule has 2 rings (SSSR count). The fourth-order valence-electron chi connectivity index (χ4n) is 2.97. The van der Waals surface area contributed by atoms with Gasteiger partial charge in [-0.25, -0.2) is 0 Å². The molecule has 154 valence electrons. The summed E-state index contributed by atoms with van der Waals surface area (Å²) in [5.74, 6) is 0.799. The minimum atomic E-state index is 0. The third kappa shape index (κ3) is 10.3. The van der Waals surface area contributed by atoms with Gasteiger partial charge < -0.3 is 20.7 Å². The molecule has 1 fully saturated rings. The number of hydrogen-bond acceptors (Lipinski definition) is 4. The molecule has 0 radical (unpaired) electrons. The SMILES string of the molecule is CN=C(NCCCNC(=O)c1cccs1)NCCCOC1CCCCC1.I. The average Bonchev–Trinajstić information content (AvgIpc) is 3.21. The van der Waals surface area contributed by atoms with Crippen molar-refractivity contribution in [1.29, 1.82) is 0 Å². The van der Waals surface area contributed by atoms with Crippen LogP contribution in [0, 0.1) is 0 Å². The van der Waals surface area contributed by atoms with Crippen LogP contribution in [0.1, 0.15) is 54.6 Å². The molecule has 1 aromatic rings. The van der Waals surface area contributed by atoms with E-state index in [1.54, 1.807) is 7.05 Å². The van der Waals surface area contributed by atoms with Crippen LogP contribution in [0.2, 0.25) is 0 Å². The van der Waals surface area contributed by atoms with Gasteiger partial charge in [-0.2, -0.15) is 0 Å². The highest BCUT2D eigenvalue weighted by atomic mass is 127. The van der Waals surface area contributed by atoms with E-state index in [0.717, 1.165) is 43.4 Å². The smallest absolute Gasteiger partial charge is 0.261 e. The van der Waals surface area contributed by atoms with Crippen LogP contribution in [0.4, 0.5) is 0 Å². The highest BCUT2D eigenvalue weighted by molar-refractivity contribution is 14.0. The molecule has 1 saturated carbocycles. The molecule has 1 amide bonds. The van der Waals surface area contributed by atoms with Crippen LogP contribution in [0.3, 0.4) is 0 Å². The number of carbonyl (C=O) groups excluding carboxylic acids is 1. The molecule has 0 aromatic carbocycles. The first kappa shape index (κ1) is 24.2. The van der Waals surface area contributed by atoms with Gasteiger partial charge in [0.05, 0.1) is 11.0 Å². The number of amides is 1. The number of aliphatic imine (C=N–C) groups is 1. The number of thiophene rings is 1. The van der Waals surface area contributed by atoms with E-state index in [2.05, 4.69) is 20.9 Å². The minimum Gasteiger partial charge on any atom is -0.378 e. The maximum absolute atomic E-state index is 11.8. The van der Waals surface area contributed by atoms with E-state index in [1.165, 1.54) is 43.4 Å². The summed E-state index contributed by atoms with van der Waals surface area (Å²) in [4.78, 5) is 16.8. The van der Waals surface area contributed by atoms with Crippen molar-refractivity contribution >= 4 is 47.2 Å². The topological polar surface area (TPSA) is 74.8 Å². The maximum Gasteiger partial charge on any atom is 0.261 e. The predicted molar refractivity (Wildman–Crippen MR) is 123 cm³/mol. The van der Waals surface area contributed by atoms with E-state index in [0.29, 0.717) is 12.6 Å². The normalized spacial score (nSPS) is 15.1. The summed E-state index contributed by atoms with van der Waals surface area (Å²) in [5.41, 5.74) is 0. The molecule has 6 nitrogen and oxygen atoms in total. The van der Waals surface area contributed by atoms with Crippen LogP contribution in [0.25, 0.3) is 0 Å². The predicted octanol–water partition coefficient (Wildman–Crippen LogP) is 3.39. The molecule has 1 heterocycles. The Morgan fingerprint density at radius 3 is 2.52 bits per heavy atom. The summed E-state index contributed by atoms with van der Waals surface area (Å²) in [6, 6.07) is 3.72. The van der Waals surface area contributed by atoms with Crippen molar-refractivity contribution in [3.8, 4) is 0 Å². The molecule has 1 aliphatic rings. The molecule has 0 bridgehead atoms. The Morgan fingerprint density at radius 1 is 1.15 bits per heavy atom. The Kier molecular flexibility index (Phi) is 13.5. The molecule has 1 aromatic heterocycles. The standard InChI is InChI=1S/C19H32N4O2S.HI/c1-20-19(23-13-7-14-25-16-8-3-2-4-9-16)22-12-6-11-21-18(24)17-10-5-15-26-17;/h5,10,15-16H,2-4,6-9,11-14H2,1H3,(H,21,24)(H2,20,22,23);1H. The van der Waals surface area contributed by atoms with Crippen molar-refractivity contribution in [2.75, 3.05) is 33.3 Å². The Morgan fingerprint density at radius 2 is 1.85 bits per heavy atom. The lowest BCUT2D eigenvalue weighted by Crippen LogP contribution is -2.39. The number of nitrogens with one attached hydrogen (secondary N) is 3. The summed E-state index contributed by atoms with van der Waals surface area (Å²) in [6.45, 7) is 3.07. The van der Waals surface area contributed by atoms with Gasteiger partial charge >= 0.3 is 0 Å². The van der Waals surface area contributed by atoms with E-state index >= 15 is 0 Å². The first-order valence-corrected chi connectivity index (χ1v) is 10.6. The van der Waals surface area contributed by atoms with Gasteiger partial charge in [0.15, 0.2) is 5.96 Å². The first-order chi connectivity index (χ1) is 12.8. The summed E-state index contributed by atoms with van der Waals surface area (Å²) in [6.07, 6.45) is 8.74. The lowest BCUT2D eigenvalue weighted by Gasteiger charge is -2.22. The van der Waals surface area contributed by atoms with E-state index in [9.17, 15) is 4.79 Å². The fraction of sp³-hybridized carbons (Fsp3) is 0.684. The molecule has 0 aliphatic heterocycles. The number of ether oxygens (including phenoxy) is 1. The third-order valence-electron chi connectivity index (χ3n) is 4.42. The molecule has 3 N–H and O–H groups in total. The largest absolute Gasteiger partial charge is 0.378 e. The van der Waals surface area contributed by atoms with Gasteiger partial charge in [0.1, 0.15) is 0 Å². The lowest BCUT2D eigenvalue weighted by molar-refractivity contribution is 0.0277. The quantitative estimate of drug-likeness (QED) is 0.196. The Bertz CT molecular complexity index is 534. The Balaban J connectivity index is 0.00000364. The number of halogens is 1. The number of nitrogens with zero attached hydrogens (tertiary/aromatic N) is 1. The average molecular weight is 508 g/mol. The number of guanidine groups is 1. The van der Waals surface area contributed by atoms with E-state index in [-0.39, 0.29) is 29.9 Å². The van der Waals surface area contributed by atoms with Gasteiger partial charge in [-0.3, -0.25) is 9.79 Å². The van der Waals surface area contributed by atoms with Crippen molar-refractivity contribution in [2.24, 2.45) is 4.99 Å². The number of carbonyl (C=O) groups is 1. The van der Waals surface area contributed by atoms with Gasteiger partial charge in [0, 0.05) is 33.3 Å². The summed E-state index contributed by atoms with van der Waals surface area (Å²) in [5, 5.41) is 11.4. The second-order valence-electron chi connectivity index (χ2n) is 6.50. The third-order valence-corrected chi connectivity index (χ3v) is 5.29. The molecule has 8 heteroatoms. The van der Waals surface area contributed by atoms with Gasteiger partial charge in [-0.15, -0.1) is 35.3 Å². The van der Waals surface area contributed by atoms with E-state index < -0.39 is 0 Å². The zero-order valence-electron chi connectivity index (χ0n) is 16.2. The van der Waals surface area contributed by atoms with Crippen LogP contribution in [0.5, 0.6) is 0 Å². The molecule has 0 unspecified atom stereocenters. The summed E-state index contributed by atoms with van der Waals surface area (Å²) in [7, 11) is 1.77. The van der Waals surface area contributed by atoms with Crippen molar-refractivity contribution < 1.29 is 9.53 Å². The van der Waals surface area contributed by atoms with Crippen molar-refractivity contribution in [2.45, 2.75) is 51.0 Å². The fourth-order valence-corrected chi connectivity index (χ4v) is 3.61. The molecule has 0 saturated heterocycles. The van der Waals surface area contributed by atoms with E-state index in [1.807, 2.05) is 17.5 Å². The van der Waals surface area contributed by atoms with Crippen LogP contribution in [-0.2, 0) is 4.74 Å². The van der Waals surface area contributed by atoms with Gasteiger partial charge in [0.25, 0.3) is 5.91 Å². The molecule has 1 aliphatic carbocycles. The highest BCUT2D eigenvalue weighted by Gasteiger charge is 2.13. The molecule has 0 atom stereocenters. The zero-order valence-corrected chi connectivity index (χ0v) is 19.3.